The Morgan fingerprint density at radius 3 is 2.82 bits per heavy atom. The van der Waals surface area contributed by atoms with Gasteiger partial charge < -0.3 is 19.9 Å². The molecule has 3 aromatic heterocycles. The van der Waals surface area contributed by atoms with E-state index in [2.05, 4.69) is 25.3 Å². The Labute approximate surface area is 188 Å². The van der Waals surface area contributed by atoms with Crippen LogP contribution in [-0.4, -0.2) is 87.6 Å². The number of aromatic amines is 1. The fourth-order valence-corrected chi connectivity index (χ4v) is 3.47. The van der Waals surface area contributed by atoms with Crippen molar-refractivity contribution in [2.24, 2.45) is 0 Å². The summed E-state index contributed by atoms with van der Waals surface area (Å²) in [4.78, 5) is 48.3. The van der Waals surface area contributed by atoms with Gasteiger partial charge in [0.1, 0.15) is 22.8 Å². The minimum Gasteiger partial charge on any atom is -0.379 e. The normalized spacial score (nSPS) is 14.4. The van der Waals surface area contributed by atoms with E-state index < -0.39 is 23.2 Å². The fourth-order valence-electron chi connectivity index (χ4n) is 3.47. The summed E-state index contributed by atoms with van der Waals surface area (Å²) in [6.45, 7) is 4.14. The van der Waals surface area contributed by atoms with Crippen LogP contribution in [-0.2, 0) is 16.0 Å². The maximum atomic E-state index is 12.9. The molecule has 0 aliphatic carbocycles. The molecule has 3 aromatic rings. The number of carbonyl (C=O) groups is 2. The van der Waals surface area contributed by atoms with E-state index in [1.165, 1.54) is 23.2 Å². The third-order valence-corrected chi connectivity index (χ3v) is 5.32. The predicted octanol–water partition coefficient (Wildman–Crippen LogP) is 0.142. The monoisotopic (exact) mass is 457 g/mol. The van der Waals surface area contributed by atoms with E-state index in [4.69, 9.17) is 4.74 Å². The number of fused-ring (bicyclic) bond motifs is 1. The molecule has 12 heteroatoms. The van der Waals surface area contributed by atoms with E-state index in [1.807, 2.05) is 0 Å². The van der Waals surface area contributed by atoms with Crippen LogP contribution in [0.5, 0.6) is 0 Å². The molecule has 174 valence electrons. The first kappa shape index (κ1) is 22.6. The average molecular weight is 457 g/mol. The molecule has 2 N–H and O–H groups in total. The molecule has 1 aliphatic rings. The number of hydrogen-bond acceptors (Lipinski definition) is 7. The van der Waals surface area contributed by atoms with Crippen LogP contribution in [0.25, 0.3) is 5.65 Å². The SMILES string of the molecule is CN(CCN1CCOCC1)C(=O)c1c[nH]c2cc(CC(=O)Nc3ccc(F)cn3)nn2c1=O. The maximum Gasteiger partial charge on any atom is 0.287 e. The van der Waals surface area contributed by atoms with E-state index in [0.29, 0.717) is 37.6 Å². The van der Waals surface area contributed by atoms with Crippen LogP contribution in [0.15, 0.2) is 35.4 Å². The van der Waals surface area contributed by atoms with Gasteiger partial charge in [-0.05, 0) is 12.1 Å². The van der Waals surface area contributed by atoms with Gasteiger partial charge in [-0.1, -0.05) is 0 Å². The van der Waals surface area contributed by atoms with E-state index in [0.717, 1.165) is 23.8 Å². The first-order chi connectivity index (χ1) is 15.9. The topological polar surface area (TPSA) is 125 Å². The van der Waals surface area contributed by atoms with Gasteiger partial charge in [0.25, 0.3) is 11.5 Å². The second-order valence-corrected chi connectivity index (χ2v) is 7.71. The quantitative estimate of drug-likeness (QED) is 0.517. The Kier molecular flexibility index (Phi) is 6.75. The number of amides is 2. The second-order valence-electron chi connectivity index (χ2n) is 7.71. The first-order valence-electron chi connectivity index (χ1n) is 10.5. The summed E-state index contributed by atoms with van der Waals surface area (Å²) in [5, 5.41) is 6.70. The molecule has 11 nitrogen and oxygen atoms in total. The number of rotatable bonds is 7. The van der Waals surface area contributed by atoms with Crippen molar-refractivity contribution in [3.05, 3.63) is 58.0 Å². The minimum atomic E-state index is -0.571. The lowest BCUT2D eigenvalue weighted by Crippen LogP contribution is -2.42. The number of nitrogens with one attached hydrogen (secondary N) is 2. The highest BCUT2D eigenvalue weighted by atomic mass is 19.1. The standard InChI is InChI=1S/C21H24FN7O4/c1-27(4-5-28-6-8-33-9-7-28)20(31)16-13-24-18-10-15(26-29(18)21(16)32)11-19(30)25-17-3-2-14(22)12-23-17/h2-3,10,12-13,24H,4-9,11H2,1H3,(H,23,25,30). The molecule has 0 aromatic carbocycles. The molecule has 0 saturated carbocycles. The Hall–Kier alpha value is -3.64. The van der Waals surface area contributed by atoms with Crippen LogP contribution < -0.4 is 10.9 Å². The third-order valence-electron chi connectivity index (χ3n) is 5.32. The number of hydrogen-bond donors (Lipinski definition) is 2. The summed E-state index contributed by atoms with van der Waals surface area (Å²) in [7, 11) is 1.65. The summed E-state index contributed by atoms with van der Waals surface area (Å²) in [5.41, 5.74) is 0.0730. The minimum absolute atomic E-state index is 0.0402. The van der Waals surface area contributed by atoms with Gasteiger partial charge in [-0.2, -0.15) is 9.61 Å². The van der Waals surface area contributed by atoms with E-state index >= 15 is 0 Å². The van der Waals surface area contributed by atoms with Crippen molar-refractivity contribution in [2.45, 2.75) is 6.42 Å². The zero-order valence-electron chi connectivity index (χ0n) is 18.1. The fraction of sp³-hybridized carbons (Fsp3) is 0.381. The van der Waals surface area contributed by atoms with Crippen molar-refractivity contribution in [1.29, 1.82) is 0 Å². The molecule has 33 heavy (non-hydrogen) atoms. The van der Waals surface area contributed by atoms with Gasteiger partial charge in [0.2, 0.25) is 5.91 Å². The molecule has 0 spiro atoms. The first-order valence-corrected chi connectivity index (χ1v) is 10.5. The Balaban J connectivity index is 1.42. The molecule has 1 saturated heterocycles. The van der Waals surface area contributed by atoms with Crippen LogP contribution in [0, 0.1) is 5.82 Å². The van der Waals surface area contributed by atoms with E-state index in [-0.39, 0.29) is 17.8 Å². The third kappa shape index (κ3) is 5.41. The van der Waals surface area contributed by atoms with E-state index in [9.17, 15) is 18.8 Å². The number of nitrogens with zero attached hydrogens (tertiary/aromatic N) is 5. The summed E-state index contributed by atoms with van der Waals surface area (Å²) < 4.78 is 19.3. The molecule has 0 radical (unpaired) electrons. The second kappa shape index (κ2) is 9.88. The molecule has 1 aliphatic heterocycles. The van der Waals surface area contributed by atoms with Crippen molar-refractivity contribution in [3.8, 4) is 0 Å². The zero-order valence-corrected chi connectivity index (χ0v) is 18.1. The lowest BCUT2D eigenvalue weighted by atomic mass is 10.3. The van der Waals surface area contributed by atoms with Crippen molar-refractivity contribution < 1.29 is 18.7 Å². The Bertz CT molecular complexity index is 1200. The van der Waals surface area contributed by atoms with Gasteiger partial charge in [0.05, 0.1) is 31.5 Å². The number of H-pyrrole nitrogens is 1. The van der Waals surface area contributed by atoms with Crippen molar-refractivity contribution in [1.82, 2.24) is 29.4 Å². The Morgan fingerprint density at radius 2 is 2.09 bits per heavy atom. The van der Waals surface area contributed by atoms with Crippen LogP contribution in [0.1, 0.15) is 16.1 Å². The average Bonchev–Trinajstić information content (AvgIpc) is 3.23. The summed E-state index contributed by atoms with van der Waals surface area (Å²) in [6.07, 6.45) is 2.23. The molecule has 4 rings (SSSR count). The highest BCUT2D eigenvalue weighted by Gasteiger charge is 2.20. The highest BCUT2D eigenvalue weighted by molar-refractivity contribution is 5.93. The van der Waals surface area contributed by atoms with E-state index in [1.54, 1.807) is 13.1 Å². The lowest BCUT2D eigenvalue weighted by molar-refractivity contribution is -0.115. The van der Waals surface area contributed by atoms with Gasteiger partial charge in [-0.15, -0.1) is 0 Å². The number of pyridine rings is 1. The number of anilines is 1. The lowest BCUT2D eigenvalue weighted by Gasteiger charge is -2.28. The zero-order chi connectivity index (χ0) is 23.4. The number of morpholine rings is 1. The van der Waals surface area contributed by atoms with Crippen LogP contribution in [0.2, 0.25) is 0 Å². The molecule has 4 heterocycles. The van der Waals surface area contributed by atoms with Gasteiger partial charge in [0, 0.05) is 45.5 Å². The van der Waals surface area contributed by atoms with Gasteiger partial charge in [0.15, 0.2) is 0 Å². The number of likely N-dealkylation sites (N-methyl/N-ethyl adjacent to an activating group) is 1. The molecule has 0 unspecified atom stereocenters. The van der Waals surface area contributed by atoms with Crippen molar-refractivity contribution >= 4 is 23.3 Å². The number of carbonyl (C=O) groups excluding carboxylic acids is 2. The maximum absolute atomic E-state index is 12.9. The van der Waals surface area contributed by atoms with Gasteiger partial charge in [-0.25, -0.2) is 9.37 Å². The smallest absolute Gasteiger partial charge is 0.287 e. The summed E-state index contributed by atoms with van der Waals surface area (Å²) in [6, 6.07) is 4.08. The molecule has 1 fully saturated rings. The Morgan fingerprint density at radius 1 is 1.30 bits per heavy atom. The molecule has 2 amide bonds. The van der Waals surface area contributed by atoms with Gasteiger partial charge >= 0.3 is 0 Å². The molecular formula is C21H24FN7O4. The van der Waals surface area contributed by atoms with Crippen LogP contribution in [0.4, 0.5) is 10.2 Å². The van der Waals surface area contributed by atoms with Crippen molar-refractivity contribution in [2.75, 3.05) is 51.8 Å². The number of ether oxygens (including phenoxy) is 1. The molecule has 0 atom stereocenters. The number of aromatic nitrogens is 4. The van der Waals surface area contributed by atoms with Crippen LogP contribution in [0.3, 0.4) is 0 Å². The van der Waals surface area contributed by atoms with Crippen LogP contribution >= 0.6 is 0 Å². The molecular weight excluding hydrogens is 433 g/mol. The largest absolute Gasteiger partial charge is 0.379 e. The predicted molar refractivity (Wildman–Crippen MR) is 117 cm³/mol. The summed E-state index contributed by atoms with van der Waals surface area (Å²) in [5.74, 6) is -1.15. The summed E-state index contributed by atoms with van der Waals surface area (Å²) >= 11 is 0. The number of halogens is 1. The molecule has 0 bridgehead atoms. The van der Waals surface area contributed by atoms with Crippen molar-refractivity contribution in [3.63, 3.8) is 0 Å². The highest BCUT2D eigenvalue weighted by Crippen LogP contribution is 2.08. The van der Waals surface area contributed by atoms with Gasteiger partial charge in [-0.3, -0.25) is 19.3 Å².